The van der Waals surface area contributed by atoms with E-state index in [0.717, 1.165) is 42.8 Å². The van der Waals surface area contributed by atoms with Gasteiger partial charge in [0.2, 0.25) is 0 Å². The number of nitrogens with one attached hydrogen (secondary N) is 1. The molecule has 1 aliphatic heterocycles. The number of para-hydroxylation sites is 1. The van der Waals surface area contributed by atoms with E-state index in [0.29, 0.717) is 18.0 Å². The predicted molar refractivity (Wildman–Crippen MR) is 105 cm³/mol. The predicted octanol–water partition coefficient (Wildman–Crippen LogP) is 2.83. The number of hydrogen-bond donors (Lipinski definition) is 1. The first kappa shape index (κ1) is 17.7. The lowest BCUT2D eigenvalue weighted by molar-refractivity contribution is 0.0952. The third-order valence-corrected chi connectivity index (χ3v) is 4.87. The van der Waals surface area contributed by atoms with Crippen LogP contribution in [0.25, 0.3) is 10.9 Å². The Morgan fingerprint density at radius 1 is 1.22 bits per heavy atom. The van der Waals surface area contributed by atoms with E-state index >= 15 is 0 Å². The van der Waals surface area contributed by atoms with E-state index in [9.17, 15) is 4.79 Å². The highest BCUT2D eigenvalue weighted by molar-refractivity contribution is 6.05. The van der Waals surface area contributed by atoms with Crippen molar-refractivity contribution >= 4 is 16.8 Å². The lowest BCUT2D eigenvalue weighted by atomic mass is 10.1. The molecule has 0 saturated heterocycles. The van der Waals surface area contributed by atoms with E-state index in [1.54, 1.807) is 12.3 Å². The van der Waals surface area contributed by atoms with Gasteiger partial charge < -0.3 is 5.32 Å². The zero-order chi connectivity index (χ0) is 18.8. The lowest BCUT2D eigenvalue weighted by Gasteiger charge is -2.28. The van der Waals surface area contributed by atoms with Gasteiger partial charge in [0.25, 0.3) is 5.91 Å². The van der Waals surface area contributed by atoms with Gasteiger partial charge in [0.05, 0.1) is 35.6 Å². The zero-order valence-electron chi connectivity index (χ0n) is 15.9. The first-order chi connectivity index (χ1) is 13.1. The van der Waals surface area contributed by atoms with Crippen molar-refractivity contribution in [2.45, 2.75) is 33.5 Å². The quantitative estimate of drug-likeness (QED) is 0.757. The molecule has 140 valence electrons. The van der Waals surface area contributed by atoms with Gasteiger partial charge in [-0.3, -0.25) is 19.4 Å². The number of aromatic nitrogens is 3. The van der Waals surface area contributed by atoms with Crippen LogP contribution in [0.3, 0.4) is 0 Å². The average Bonchev–Trinajstić information content (AvgIpc) is 3.07. The van der Waals surface area contributed by atoms with Gasteiger partial charge in [-0.1, -0.05) is 32.0 Å². The summed E-state index contributed by atoms with van der Waals surface area (Å²) < 4.78 is 2.07. The molecule has 1 N–H and O–H groups in total. The number of carbonyl (C=O) groups excluding carboxylic acids is 1. The Hall–Kier alpha value is -2.73. The summed E-state index contributed by atoms with van der Waals surface area (Å²) in [5.41, 5.74) is 3.60. The Morgan fingerprint density at radius 3 is 2.93 bits per heavy atom. The van der Waals surface area contributed by atoms with Crippen molar-refractivity contribution in [1.29, 1.82) is 0 Å². The summed E-state index contributed by atoms with van der Waals surface area (Å²) >= 11 is 0. The van der Waals surface area contributed by atoms with E-state index in [4.69, 9.17) is 0 Å². The van der Waals surface area contributed by atoms with Crippen molar-refractivity contribution in [2.75, 3.05) is 13.1 Å². The molecular weight excluding hydrogens is 338 g/mol. The van der Waals surface area contributed by atoms with Crippen molar-refractivity contribution in [2.24, 2.45) is 5.92 Å². The molecule has 3 aromatic rings. The zero-order valence-corrected chi connectivity index (χ0v) is 15.9. The molecular formula is C21H25N5O. The van der Waals surface area contributed by atoms with Gasteiger partial charge >= 0.3 is 0 Å². The minimum Gasteiger partial charge on any atom is -0.346 e. The molecule has 0 fully saturated rings. The van der Waals surface area contributed by atoms with Crippen LogP contribution in [0.2, 0.25) is 0 Å². The minimum absolute atomic E-state index is 0.0963. The molecule has 0 aliphatic carbocycles. The molecule has 3 heterocycles. The molecule has 6 nitrogen and oxygen atoms in total. The number of amides is 1. The van der Waals surface area contributed by atoms with Gasteiger partial charge in [-0.2, -0.15) is 5.10 Å². The maximum absolute atomic E-state index is 12.7. The highest BCUT2D eigenvalue weighted by Crippen LogP contribution is 2.17. The summed E-state index contributed by atoms with van der Waals surface area (Å²) in [6.45, 7) is 8.89. The number of fused-ring (bicyclic) bond motifs is 2. The van der Waals surface area contributed by atoms with Crippen molar-refractivity contribution in [3.8, 4) is 0 Å². The summed E-state index contributed by atoms with van der Waals surface area (Å²) in [4.78, 5) is 19.4. The number of carbonyl (C=O) groups is 1. The number of rotatable bonds is 5. The van der Waals surface area contributed by atoms with Crippen molar-refractivity contribution in [1.82, 2.24) is 25.0 Å². The molecule has 0 radical (unpaired) electrons. The average molecular weight is 363 g/mol. The summed E-state index contributed by atoms with van der Waals surface area (Å²) in [7, 11) is 0. The minimum atomic E-state index is -0.0963. The van der Waals surface area contributed by atoms with E-state index in [1.165, 1.54) is 5.69 Å². The van der Waals surface area contributed by atoms with Crippen LogP contribution in [0.1, 0.15) is 35.6 Å². The highest BCUT2D eigenvalue weighted by atomic mass is 16.1. The van der Waals surface area contributed by atoms with Crippen LogP contribution >= 0.6 is 0 Å². The number of hydrogen-bond acceptors (Lipinski definition) is 4. The SMILES string of the molecule is CC(C)CN1CCn2nc(CNC(=O)c3ccnc4ccccc34)cc2C1. The Morgan fingerprint density at radius 2 is 2.07 bits per heavy atom. The van der Waals surface area contributed by atoms with Crippen LogP contribution in [-0.4, -0.2) is 38.7 Å². The fraction of sp³-hybridized carbons (Fsp3) is 0.381. The molecule has 0 bridgehead atoms. The molecule has 0 saturated carbocycles. The maximum Gasteiger partial charge on any atom is 0.252 e. The molecule has 0 unspecified atom stereocenters. The van der Waals surface area contributed by atoms with Gasteiger partial charge in [0, 0.05) is 31.2 Å². The lowest BCUT2D eigenvalue weighted by Crippen LogP contribution is -2.36. The largest absolute Gasteiger partial charge is 0.346 e. The van der Waals surface area contributed by atoms with Crippen LogP contribution < -0.4 is 5.32 Å². The third-order valence-electron chi connectivity index (χ3n) is 4.87. The van der Waals surface area contributed by atoms with E-state index in [-0.39, 0.29) is 5.91 Å². The Kier molecular flexibility index (Phi) is 4.90. The second-order valence-corrected chi connectivity index (χ2v) is 7.54. The van der Waals surface area contributed by atoms with E-state index in [2.05, 4.69) is 44.9 Å². The van der Waals surface area contributed by atoms with Crippen LogP contribution in [0.5, 0.6) is 0 Å². The standard InChI is InChI=1S/C21H25N5O/c1-15(2)13-25-9-10-26-17(14-25)11-16(24-26)12-23-21(27)19-7-8-22-20-6-4-3-5-18(19)20/h3-8,11,15H,9-10,12-14H2,1-2H3,(H,23,27). The van der Waals surface area contributed by atoms with Crippen molar-refractivity contribution in [3.63, 3.8) is 0 Å². The fourth-order valence-electron chi connectivity index (χ4n) is 3.70. The molecule has 1 amide bonds. The van der Waals surface area contributed by atoms with Gasteiger partial charge in [-0.15, -0.1) is 0 Å². The normalized spacial score (nSPS) is 14.5. The van der Waals surface area contributed by atoms with Crippen LogP contribution in [-0.2, 0) is 19.6 Å². The van der Waals surface area contributed by atoms with Crippen molar-refractivity contribution < 1.29 is 4.79 Å². The topological polar surface area (TPSA) is 63.1 Å². The number of nitrogens with zero attached hydrogens (tertiary/aromatic N) is 4. The van der Waals surface area contributed by atoms with Crippen LogP contribution in [0.15, 0.2) is 42.6 Å². The molecule has 27 heavy (non-hydrogen) atoms. The second-order valence-electron chi connectivity index (χ2n) is 7.54. The van der Waals surface area contributed by atoms with Crippen LogP contribution in [0.4, 0.5) is 0 Å². The molecule has 0 spiro atoms. The Balaban J connectivity index is 1.44. The molecule has 2 aromatic heterocycles. The van der Waals surface area contributed by atoms with Gasteiger partial charge in [-0.05, 0) is 24.1 Å². The number of benzene rings is 1. The summed E-state index contributed by atoms with van der Waals surface area (Å²) in [5.74, 6) is 0.564. The first-order valence-electron chi connectivity index (χ1n) is 9.50. The molecule has 1 aromatic carbocycles. The molecule has 4 rings (SSSR count). The Bertz CT molecular complexity index is 957. The highest BCUT2D eigenvalue weighted by Gasteiger charge is 2.19. The summed E-state index contributed by atoms with van der Waals surface area (Å²) in [6, 6.07) is 11.6. The maximum atomic E-state index is 12.7. The molecule has 1 aliphatic rings. The van der Waals surface area contributed by atoms with Gasteiger partial charge in [0.1, 0.15) is 0 Å². The monoisotopic (exact) mass is 363 g/mol. The Labute approximate surface area is 159 Å². The third kappa shape index (κ3) is 3.85. The van der Waals surface area contributed by atoms with Gasteiger partial charge in [-0.25, -0.2) is 0 Å². The fourth-order valence-corrected chi connectivity index (χ4v) is 3.70. The second kappa shape index (κ2) is 7.48. The molecule has 0 atom stereocenters. The molecule has 6 heteroatoms. The summed E-state index contributed by atoms with van der Waals surface area (Å²) in [6.07, 6.45) is 1.68. The first-order valence-corrected chi connectivity index (χ1v) is 9.50. The summed E-state index contributed by atoms with van der Waals surface area (Å²) in [5, 5.41) is 8.53. The smallest absolute Gasteiger partial charge is 0.252 e. The van der Waals surface area contributed by atoms with E-state index < -0.39 is 0 Å². The van der Waals surface area contributed by atoms with Gasteiger partial charge in [0.15, 0.2) is 0 Å². The number of pyridine rings is 1. The van der Waals surface area contributed by atoms with Crippen molar-refractivity contribution in [3.05, 3.63) is 59.5 Å². The van der Waals surface area contributed by atoms with Crippen LogP contribution in [0, 0.1) is 5.92 Å². The van der Waals surface area contributed by atoms with E-state index in [1.807, 2.05) is 24.3 Å².